The second kappa shape index (κ2) is 8.37. The van der Waals surface area contributed by atoms with Gasteiger partial charge in [-0.1, -0.05) is 17.7 Å². The third-order valence-electron chi connectivity index (χ3n) is 5.92. The van der Waals surface area contributed by atoms with E-state index >= 15 is 0 Å². The van der Waals surface area contributed by atoms with Crippen molar-refractivity contribution in [2.24, 2.45) is 13.0 Å². The molecule has 4 rings (SSSR count). The van der Waals surface area contributed by atoms with Crippen molar-refractivity contribution in [1.82, 2.24) is 9.47 Å². The molecule has 2 aliphatic heterocycles. The van der Waals surface area contributed by atoms with E-state index in [0.29, 0.717) is 18.7 Å². The number of benzene rings is 1. The molecule has 8 nitrogen and oxygen atoms in total. The molecular weight excluding hydrogens is 396 g/mol. The maximum Gasteiger partial charge on any atom is 0.274 e. The van der Waals surface area contributed by atoms with E-state index in [1.165, 1.54) is 16.8 Å². The van der Waals surface area contributed by atoms with Crippen LogP contribution in [-0.4, -0.2) is 46.8 Å². The van der Waals surface area contributed by atoms with Gasteiger partial charge in [-0.2, -0.15) is 0 Å². The zero-order chi connectivity index (χ0) is 22.1. The van der Waals surface area contributed by atoms with E-state index in [-0.39, 0.29) is 30.5 Å². The molecular formula is C23H26N4O4. The molecule has 1 aromatic heterocycles. The van der Waals surface area contributed by atoms with Gasteiger partial charge in [-0.15, -0.1) is 0 Å². The zero-order valence-corrected chi connectivity index (χ0v) is 17.8. The van der Waals surface area contributed by atoms with E-state index in [9.17, 15) is 19.2 Å². The fraction of sp³-hybridized carbons (Fsp3) is 0.391. The molecule has 3 amide bonds. The molecule has 0 spiro atoms. The van der Waals surface area contributed by atoms with Gasteiger partial charge in [-0.3, -0.25) is 19.2 Å². The lowest BCUT2D eigenvalue weighted by molar-refractivity contribution is -0.122. The monoisotopic (exact) mass is 422 g/mol. The Hall–Kier alpha value is -3.42. The smallest absolute Gasteiger partial charge is 0.274 e. The van der Waals surface area contributed by atoms with Gasteiger partial charge in [0.2, 0.25) is 11.8 Å². The van der Waals surface area contributed by atoms with E-state index < -0.39 is 17.4 Å². The van der Waals surface area contributed by atoms with Gasteiger partial charge in [-0.05, 0) is 38.0 Å². The highest BCUT2D eigenvalue weighted by molar-refractivity contribution is 6.04. The number of rotatable bonds is 4. The molecule has 8 heteroatoms. The molecule has 2 fully saturated rings. The lowest BCUT2D eigenvalue weighted by Gasteiger charge is -2.18. The van der Waals surface area contributed by atoms with E-state index in [1.54, 1.807) is 16.8 Å². The molecule has 2 saturated heterocycles. The predicted octanol–water partition coefficient (Wildman–Crippen LogP) is 1.92. The molecule has 1 N–H and O–H groups in total. The first-order valence-corrected chi connectivity index (χ1v) is 10.5. The summed E-state index contributed by atoms with van der Waals surface area (Å²) >= 11 is 0. The van der Waals surface area contributed by atoms with Crippen molar-refractivity contribution in [3.05, 3.63) is 58.0 Å². The first kappa shape index (κ1) is 20.8. The SMILES string of the molecule is Cc1ccc(N2C[C@H](C(=O)Nc3cc(C(=O)N4CCCC4)cn(C)c3=O)CC2=O)cc1. The molecule has 2 aromatic rings. The summed E-state index contributed by atoms with van der Waals surface area (Å²) in [6, 6.07) is 8.99. The molecule has 3 heterocycles. The van der Waals surface area contributed by atoms with Crippen LogP contribution in [0.5, 0.6) is 0 Å². The van der Waals surface area contributed by atoms with Crippen molar-refractivity contribution >= 4 is 29.1 Å². The Morgan fingerprint density at radius 1 is 1.06 bits per heavy atom. The van der Waals surface area contributed by atoms with Gasteiger partial charge in [0.1, 0.15) is 5.69 Å². The maximum absolute atomic E-state index is 12.9. The molecule has 0 unspecified atom stereocenters. The van der Waals surface area contributed by atoms with E-state index in [1.807, 2.05) is 31.2 Å². The number of nitrogens with one attached hydrogen (secondary N) is 1. The van der Waals surface area contributed by atoms with Crippen molar-refractivity contribution in [3.63, 3.8) is 0 Å². The Bertz CT molecular complexity index is 1080. The van der Waals surface area contributed by atoms with Crippen molar-refractivity contribution < 1.29 is 14.4 Å². The van der Waals surface area contributed by atoms with E-state index in [2.05, 4.69) is 5.32 Å². The van der Waals surface area contributed by atoms with Gasteiger partial charge in [0.05, 0.1) is 11.5 Å². The molecule has 162 valence electrons. The lowest BCUT2D eigenvalue weighted by Crippen LogP contribution is -2.32. The number of hydrogen-bond acceptors (Lipinski definition) is 4. The number of pyridine rings is 1. The van der Waals surface area contributed by atoms with Gasteiger partial charge >= 0.3 is 0 Å². The molecule has 2 aliphatic rings. The number of nitrogens with zero attached hydrogens (tertiary/aromatic N) is 3. The minimum Gasteiger partial charge on any atom is -0.339 e. The third kappa shape index (κ3) is 4.23. The summed E-state index contributed by atoms with van der Waals surface area (Å²) in [5, 5.41) is 2.66. The fourth-order valence-electron chi connectivity index (χ4n) is 4.11. The molecule has 1 atom stereocenters. The number of carbonyl (C=O) groups excluding carboxylic acids is 3. The van der Waals surface area contributed by atoms with E-state index in [4.69, 9.17) is 0 Å². The quantitative estimate of drug-likeness (QED) is 0.815. The highest BCUT2D eigenvalue weighted by Crippen LogP contribution is 2.26. The standard InChI is InChI=1S/C23H26N4O4/c1-15-5-7-18(8-6-15)27-14-16(12-20(27)28)21(29)24-19-11-17(13-25(2)23(19)31)22(30)26-9-3-4-10-26/h5-8,11,13,16H,3-4,9-10,12,14H2,1-2H3,(H,24,29)/t16-/m1/s1. The van der Waals surface area contributed by atoms with E-state index in [0.717, 1.165) is 24.1 Å². The average molecular weight is 422 g/mol. The van der Waals surface area contributed by atoms with Crippen LogP contribution in [-0.2, 0) is 16.6 Å². The fourth-order valence-corrected chi connectivity index (χ4v) is 4.11. The minimum absolute atomic E-state index is 0.0544. The van der Waals surface area contributed by atoms with Gasteiger partial charge in [0, 0.05) is 45.0 Å². The number of likely N-dealkylation sites (tertiary alicyclic amines) is 1. The van der Waals surface area contributed by atoms with Crippen molar-refractivity contribution in [3.8, 4) is 0 Å². The number of aromatic nitrogens is 1. The maximum atomic E-state index is 12.9. The van der Waals surface area contributed by atoms with Gasteiger partial charge < -0.3 is 19.7 Å². The van der Waals surface area contributed by atoms with Crippen LogP contribution in [0.2, 0.25) is 0 Å². The first-order chi connectivity index (χ1) is 14.8. The summed E-state index contributed by atoms with van der Waals surface area (Å²) < 4.78 is 1.30. The molecule has 0 saturated carbocycles. The van der Waals surface area contributed by atoms with Gasteiger partial charge in [0.25, 0.3) is 11.5 Å². The Balaban J connectivity index is 1.50. The number of hydrogen-bond donors (Lipinski definition) is 1. The summed E-state index contributed by atoms with van der Waals surface area (Å²) in [6.07, 6.45) is 3.51. The van der Waals surface area contributed by atoms with Gasteiger partial charge in [0.15, 0.2) is 0 Å². The van der Waals surface area contributed by atoms with Crippen molar-refractivity contribution in [2.45, 2.75) is 26.2 Å². The summed E-state index contributed by atoms with van der Waals surface area (Å²) in [5.41, 5.74) is 1.86. The Kier molecular flexibility index (Phi) is 5.63. The highest BCUT2D eigenvalue weighted by Gasteiger charge is 2.35. The highest BCUT2D eigenvalue weighted by atomic mass is 16.2. The van der Waals surface area contributed by atoms with Crippen LogP contribution in [0.4, 0.5) is 11.4 Å². The van der Waals surface area contributed by atoms with Crippen molar-refractivity contribution in [1.29, 1.82) is 0 Å². The largest absolute Gasteiger partial charge is 0.339 e. The van der Waals surface area contributed by atoms with Crippen LogP contribution >= 0.6 is 0 Å². The summed E-state index contributed by atoms with van der Waals surface area (Å²) in [7, 11) is 1.55. The van der Waals surface area contributed by atoms with Crippen LogP contribution in [0.1, 0.15) is 35.2 Å². The average Bonchev–Trinajstić information content (AvgIpc) is 3.41. The summed E-state index contributed by atoms with van der Waals surface area (Å²) in [6.45, 7) is 3.61. The van der Waals surface area contributed by atoms with Crippen LogP contribution in [0, 0.1) is 12.8 Å². The second-order valence-corrected chi connectivity index (χ2v) is 8.29. The summed E-state index contributed by atoms with van der Waals surface area (Å²) in [4.78, 5) is 53.9. The number of anilines is 2. The summed E-state index contributed by atoms with van der Waals surface area (Å²) in [5.74, 6) is -1.25. The second-order valence-electron chi connectivity index (χ2n) is 8.29. The molecule has 1 aromatic carbocycles. The Labute approximate surface area is 180 Å². The number of amides is 3. The number of aryl methyl sites for hydroxylation is 2. The van der Waals surface area contributed by atoms with Crippen LogP contribution in [0.3, 0.4) is 0 Å². The Morgan fingerprint density at radius 3 is 2.42 bits per heavy atom. The molecule has 0 radical (unpaired) electrons. The molecule has 0 bridgehead atoms. The minimum atomic E-state index is -0.573. The Morgan fingerprint density at radius 2 is 1.74 bits per heavy atom. The lowest BCUT2D eigenvalue weighted by atomic mass is 10.1. The third-order valence-corrected chi connectivity index (χ3v) is 5.92. The van der Waals surface area contributed by atoms with Gasteiger partial charge in [-0.25, -0.2) is 0 Å². The van der Waals surface area contributed by atoms with Crippen LogP contribution in [0.15, 0.2) is 41.3 Å². The predicted molar refractivity (Wildman–Crippen MR) is 117 cm³/mol. The topological polar surface area (TPSA) is 91.7 Å². The molecule has 31 heavy (non-hydrogen) atoms. The zero-order valence-electron chi connectivity index (χ0n) is 17.8. The van der Waals surface area contributed by atoms with Crippen molar-refractivity contribution in [2.75, 3.05) is 29.9 Å². The number of carbonyl (C=O) groups is 3. The first-order valence-electron chi connectivity index (χ1n) is 10.5. The van der Waals surface area contributed by atoms with Crippen LogP contribution < -0.4 is 15.8 Å². The normalized spacial score (nSPS) is 18.5. The molecule has 0 aliphatic carbocycles. The van der Waals surface area contributed by atoms with Crippen LogP contribution in [0.25, 0.3) is 0 Å².